The summed E-state index contributed by atoms with van der Waals surface area (Å²) in [5.74, 6) is 0.665. The summed E-state index contributed by atoms with van der Waals surface area (Å²) in [5, 5.41) is 7.63. The Bertz CT molecular complexity index is 514. The van der Waals surface area contributed by atoms with Crippen LogP contribution < -0.4 is 5.32 Å². The van der Waals surface area contributed by atoms with Crippen molar-refractivity contribution in [1.82, 2.24) is 4.98 Å². The molecule has 0 saturated heterocycles. The Labute approximate surface area is 108 Å². The van der Waals surface area contributed by atoms with Crippen LogP contribution in [0.3, 0.4) is 0 Å². The van der Waals surface area contributed by atoms with Gasteiger partial charge >= 0.3 is 0 Å². The number of hydrogen-bond acceptors (Lipinski definition) is 4. The molecule has 1 amide bonds. The highest BCUT2D eigenvalue weighted by Gasteiger charge is 2.26. The zero-order valence-corrected chi connectivity index (χ0v) is 10.8. The van der Waals surface area contributed by atoms with Gasteiger partial charge in [0.25, 0.3) is 0 Å². The van der Waals surface area contributed by atoms with E-state index >= 15 is 0 Å². The van der Waals surface area contributed by atoms with Crippen molar-refractivity contribution in [2.45, 2.75) is 25.2 Å². The molecule has 1 fully saturated rings. The number of nitrogens with one attached hydrogen (secondary N) is 1. The lowest BCUT2D eigenvalue weighted by Crippen LogP contribution is -2.13. The summed E-state index contributed by atoms with van der Waals surface area (Å²) < 4.78 is 0. The lowest BCUT2D eigenvalue weighted by molar-refractivity contribution is -0.115. The number of rotatable bonds is 4. The first-order valence-electron chi connectivity index (χ1n) is 5.59. The Kier molecular flexibility index (Phi) is 2.94. The maximum Gasteiger partial charge on any atom is 0.231 e. The monoisotopic (exact) mass is 264 g/mol. The van der Waals surface area contributed by atoms with Crippen LogP contribution in [0.25, 0.3) is 0 Å². The molecule has 0 unspecified atom stereocenters. The van der Waals surface area contributed by atoms with Crippen LogP contribution in [0.4, 0.5) is 5.13 Å². The molecule has 88 valence electrons. The third-order valence-corrected chi connectivity index (χ3v) is 4.33. The smallest absolute Gasteiger partial charge is 0.231 e. The van der Waals surface area contributed by atoms with Crippen LogP contribution in [-0.2, 0) is 11.2 Å². The molecule has 0 aliphatic heterocycles. The third kappa shape index (κ3) is 2.73. The fraction of sp³-hybridized carbons (Fsp3) is 0.333. The van der Waals surface area contributed by atoms with E-state index < -0.39 is 0 Å². The molecule has 2 aromatic heterocycles. The van der Waals surface area contributed by atoms with Gasteiger partial charge in [0, 0.05) is 16.2 Å². The Morgan fingerprint density at radius 1 is 1.47 bits per heavy atom. The van der Waals surface area contributed by atoms with Crippen molar-refractivity contribution in [2.24, 2.45) is 0 Å². The van der Waals surface area contributed by atoms with E-state index in [-0.39, 0.29) is 5.91 Å². The van der Waals surface area contributed by atoms with Crippen LogP contribution in [-0.4, -0.2) is 10.9 Å². The molecule has 5 heteroatoms. The highest BCUT2D eigenvalue weighted by atomic mass is 32.1. The van der Waals surface area contributed by atoms with Gasteiger partial charge < -0.3 is 5.32 Å². The number of thiazole rings is 1. The molecular weight excluding hydrogens is 252 g/mol. The van der Waals surface area contributed by atoms with E-state index in [9.17, 15) is 4.79 Å². The Morgan fingerprint density at radius 2 is 2.35 bits per heavy atom. The third-order valence-electron chi connectivity index (χ3n) is 2.68. The number of hydrogen-bond donors (Lipinski definition) is 1. The molecule has 2 heterocycles. The number of carbonyl (C=O) groups excluding carboxylic acids is 1. The van der Waals surface area contributed by atoms with Gasteiger partial charge in [0.05, 0.1) is 12.1 Å². The van der Waals surface area contributed by atoms with E-state index in [2.05, 4.69) is 15.7 Å². The van der Waals surface area contributed by atoms with Gasteiger partial charge in [-0.1, -0.05) is 6.07 Å². The van der Waals surface area contributed by atoms with Crippen molar-refractivity contribution < 1.29 is 4.79 Å². The summed E-state index contributed by atoms with van der Waals surface area (Å²) in [6, 6.07) is 3.93. The zero-order valence-electron chi connectivity index (χ0n) is 9.18. The molecule has 0 bridgehead atoms. The van der Waals surface area contributed by atoms with Gasteiger partial charge in [0.1, 0.15) is 0 Å². The van der Waals surface area contributed by atoms with Gasteiger partial charge in [0.2, 0.25) is 5.91 Å². The number of anilines is 1. The highest BCUT2D eigenvalue weighted by molar-refractivity contribution is 7.14. The van der Waals surface area contributed by atoms with Gasteiger partial charge in [0.15, 0.2) is 5.13 Å². The summed E-state index contributed by atoms with van der Waals surface area (Å²) in [5.41, 5.74) is 1.14. The van der Waals surface area contributed by atoms with Crippen LogP contribution in [0.1, 0.15) is 29.3 Å². The van der Waals surface area contributed by atoms with Gasteiger partial charge in [-0.25, -0.2) is 4.98 Å². The first-order valence-corrected chi connectivity index (χ1v) is 7.35. The number of nitrogens with zero attached hydrogens (tertiary/aromatic N) is 1. The zero-order chi connectivity index (χ0) is 11.7. The molecule has 1 saturated carbocycles. The normalized spacial score (nSPS) is 14.8. The second-order valence-electron chi connectivity index (χ2n) is 4.16. The molecule has 3 rings (SSSR count). The second kappa shape index (κ2) is 4.58. The van der Waals surface area contributed by atoms with Crippen LogP contribution in [0.15, 0.2) is 22.9 Å². The fourth-order valence-corrected chi connectivity index (χ4v) is 3.16. The van der Waals surface area contributed by atoms with Crippen LogP contribution in [0, 0.1) is 0 Å². The second-order valence-corrected chi connectivity index (χ2v) is 6.05. The molecule has 1 aliphatic carbocycles. The quantitative estimate of drug-likeness (QED) is 0.921. The molecule has 0 aromatic carbocycles. The van der Waals surface area contributed by atoms with E-state index in [4.69, 9.17) is 0 Å². The topological polar surface area (TPSA) is 42.0 Å². The molecule has 0 spiro atoms. The van der Waals surface area contributed by atoms with Crippen molar-refractivity contribution in [3.63, 3.8) is 0 Å². The average molecular weight is 264 g/mol. The summed E-state index contributed by atoms with van der Waals surface area (Å²) >= 11 is 3.12. The van der Waals surface area contributed by atoms with Crippen molar-refractivity contribution in [3.8, 4) is 0 Å². The molecule has 2 aromatic rings. The minimum absolute atomic E-state index is 0.0177. The maximum atomic E-state index is 11.7. The van der Waals surface area contributed by atoms with Crippen LogP contribution in [0.2, 0.25) is 0 Å². The van der Waals surface area contributed by atoms with Crippen LogP contribution in [0.5, 0.6) is 0 Å². The van der Waals surface area contributed by atoms with Crippen molar-refractivity contribution in [3.05, 3.63) is 33.5 Å². The summed E-state index contributed by atoms with van der Waals surface area (Å²) in [4.78, 5) is 17.3. The molecule has 0 radical (unpaired) electrons. The molecular formula is C12H12N2OS2. The van der Waals surface area contributed by atoms with Crippen LogP contribution >= 0.6 is 22.7 Å². The van der Waals surface area contributed by atoms with Gasteiger partial charge in [-0.2, -0.15) is 0 Å². The van der Waals surface area contributed by atoms with E-state index in [0.29, 0.717) is 12.3 Å². The minimum atomic E-state index is 0.0177. The lowest BCUT2D eigenvalue weighted by atomic mass is 10.3. The van der Waals surface area contributed by atoms with Crippen molar-refractivity contribution >= 4 is 33.7 Å². The molecule has 1 aliphatic rings. The Balaban J connectivity index is 1.59. The Morgan fingerprint density at radius 3 is 3.06 bits per heavy atom. The Hall–Kier alpha value is -1.20. The van der Waals surface area contributed by atoms with Gasteiger partial charge in [-0.05, 0) is 24.3 Å². The lowest BCUT2D eigenvalue weighted by Gasteiger charge is -1.99. The predicted octanol–water partition coefficient (Wildman–Crippen LogP) is 3.26. The molecule has 17 heavy (non-hydrogen) atoms. The van der Waals surface area contributed by atoms with Crippen molar-refractivity contribution in [1.29, 1.82) is 0 Å². The maximum absolute atomic E-state index is 11.7. The molecule has 0 atom stereocenters. The summed E-state index contributed by atoms with van der Waals surface area (Å²) in [6.45, 7) is 0. The number of thiophene rings is 1. The fourth-order valence-electron chi connectivity index (χ4n) is 1.65. The van der Waals surface area contributed by atoms with E-state index in [1.807, 2.05) is 17.5 Å². The first-order chi connectivity index (χ1) is 8.31. The van der Waals surface area contributed by atoms with Crippen molar-refractivity contribution in [2.75, 3.05) is 5.32 Å². The summed E-state index contributed by atoms with van der Waals surface area (Å²) in [6.07, 6.45) is 2.93. The van der Waals surface area contributed by atoms with E-state index in [1.54, 1.807) is 11.3 Å². The van der Waals surface area contributed by atoms with Gasteiger partial charge in [-0.15, -0.1) is 22.7 Å². The number of amides is 1. The average Bonchev–Trinajstić information content (AvgIpc) is 2.84. The standard InChI is InChI=1S/C12H12N2OS2/c15-11(6-9-2-1-5-16-9)14-12-13-10(7-17-12)8-3-4-8/h1-2,5,7-8H,3-4,6H2,(H,13,14,15). The van der Waals surface area contributed by atoms with E-state index in [0.717, 1.165) is 15.7 Å². The van der Waals surface area contributed by atoms with Gasteiger partial charge in [-0.3, -0.25) is 4.79 Å². The van der Waals surface area contributed by atoms with E-state index in [1.165, 1.54) is 24.2 Å². The number of aromatic nitrogens is 1. The minimum Gasteiger partial charge on any atom is -0.302 e. The molecule has 3 nitrogen and oxygen atoms in total. The predicted molar refractivity (Wildman–Crippen MR) is 70.7 cm³/mol. The highest BCUT2D eigenvalue weighted by Crippen LogP contribution is 2.40. The largest absolute Gasteiger partial charge is 0.302 e. The summed E-state index contributed by atoms with van der Waals surface area (Å²) in [7, 11) is 0. The number of carbonyl (C=O) groups is 1. The SMILES string of the molecule is O=C(Cc1cccs1)Nc1nc(C2CC2)cs1. The molecule has 1 N–H and O–H groups in total. The first kappa shape index (κ1) is 10.9.